The Morgan fingerprint density at radius 1 is 1.17 bits per heavy atom. The minimum Gasteiger partial charge on any atom is -0.375 e. The number of benzene rings is 1. The Balaban J connectivity index is 1.33. The second-order valence-electron chi connectivity index (χ2n) is 9.70. The SMILES string of the molecule is C[C@H]1C2=C(NC(N)N2)[C@]2(O)C[C@H]1c1c(-c3cnc(-c4c[nH]c5cc(Br)ccc45)c(=O)[nH]3)c[nH]c1C2=O. The number of H-pyrrole nitrogens is 3. The van der Waals surface area contributed by atoms with Crippen molar-refractivity contribution in [3.05, 3.63) is 74.3 Å². The number of nitrogens with one attached hydrogen (secondary N) is 5. The predicted molar refractivity (Wildman–Crippen MR) is 137 cm³/mol. The van der Waals surface area contributed by atoms with Crippen LogP contribution in [0.4, 0.5) is 0 Å². The van der Waals surface area contributed by atoms with E-state index in [9.17, 15) is 14.7 Å². The number of aromatic nitrogens is 4. The number of fused-ring (bicyclic) bond motifs is 6. The molecule has 36 heavy (non-hydrogen) atoms. The van der Waals surface area contributed by atoms with Gasteiger partial charge in [-0.05, 0) is 30.0 Å². The summed E-state index contributed by atoms with van der Waals surface area (Å²) in [6, 6.07) is 5.79. The minimum atomic E-state index is -1.68. The van der Waals surface area contributed by atoms with Crippen LogP contribution in [-0.4, -0.2) is 42.7 Å². The second kappa shape index (κ2) is 7.19. The van der Waals surface area contributed by atoms with Crippen molar-refractivity contribution in [1.29, 1.82) is 0 Å². The number of aliphatic hydroxyl groups is 1. The Morgan fingerprint density at radius 3 is 2.78 bits per heavy atom. The highest BCUT2D eigenvalue weighted by Crippen LogP contribution is 2.53. The Morgan fingerprint density at radius 2 is 1.97 bits per heavy atom. The van der Waals surface area contributed by atoms with Crippen molar-refractivity contribution in [2.45, 2.75) is 31.2 Å². The van der Waals surface area contributed by atoms with Gasteiger partial charge in [0.15, 0.2) is 5.60 Å². The van der Waals surface area contributed by atoms with Gasteiger partial charge in [0.25, 0.3) is 5.56 Å². The first kappa shape index (κ1) is 21.6. The summed E-state index contributed by atoms with van der Waals surface area (Å²) in [5.41, 5.74) is 9.42. The maximum atomic E-state index is 13.5. The van der Waals surface area contributed by atoms with E-state index in [-0.39, 0.29) is 23.8 Å². The monoisotopic (exact) mass is 547 g/mol. The summed E-state index contributed by atoms with van der Waals surface area (Å²) in [6.07, 6.45) is 4.75. The van der Waals surface area contributed by atoms with E-state index in [0.29, 0.717) is 33.9 Å². The molecule has 4 heterocycles. The van der Waals surface area contributed by atoms with Gasteiger partial charge in [-0.2, -0.15) is 0 Å². The van der Waals surface area contributed by atoms with Gasteiger partial charge in [0.2, 0.25) is 5.78 Å². The zero-order valence-corrected chi connectivity index (χ0v) is 20.7. The van der Waals surface area contributed by atoms with Gasteiger partial charge in [0.1, 0.15) is 12.0 Å². The van der Waals surface area contributed by atoms with Crippen LogP contribution in [0.5, 0.6) is 0 Å². The fourth-order valence-electron chi connectivity index (χ4n) is 6.03. The van der Waals surface area contributed by atoms with Gasteiger partial charge in [0, 0.05) is 50.5 Å². The molecule has 3 aliphatic rings. The lowest BCUT2D eigenvalue weighted by molar-refractivity contribution is 0.0275. The number of allylic oxidation sites excluding steroid dienone is 1. The fraction of sp³-hybridized carbons (Fsp3) is 0.240. The number of aromatic amines is 3. The third-order valence-electron chi connectivity index (χ3n) is 7.74. The van der Waals surface area contributed by atoms with Crippen LogP contribution in [0.3, 0.4) is 0 Å². The molecule has 8 N–H and O–H groups in total. The van der Waals surface area contributed by atoms with Gasteiger partial charge in [-0.3, -0.25) is 15.3 Å². The number of nitrogens with zero attached hydrogens (tertiary/aromatic N) is 1. The van der Waals surface area contributed by atoms with E-state index in [1.165, 1.54) is 0 Å². The van der Waals surface area contributed by atoms with E-state index in [1.807, 2.05) is 25.1 Å². The van der Waals surface area contributed by atoms with Gasteiger partial charge >= 0.3 is 0 Å². The Bertz CT molecular complexity index is 1700. The van der Waals surface area contributed by atoms with Crippen molar-refractivity contribution < 1.29 is 9.90 Å². The van der Waals surface area contributed by atoms with Crippen molar-refractivity contribution in [1.82, 2.24) is 30.6 Å². The number of hydrogen-bond acceptors (Lipinski definition) is 7. The molecule has 0 radical (unpaired) electrons. The lowest BCUT2D eigenvalue weighted by Gasteiger charge is -2.43. The van der Waals surface area contributed by atoms with Crippen molar-refractivity contribution in [2.75, 3.05) is 0 Å². The number of carbonyl (C=O) groups is 1. The van der Waals surface area contributed by atoms with Gasteiger partial charge in [0.05, 0.1) is 23.3 Å². The molecule has 1 aromatic carbocycles. The summed E-state index contributed by atoms with van der Waals surface area (Å²) >= 11 is 3.46. The molecule has 1 unspecified atom stereocenters. The zero-order chi connectivity index (χ0) is 24.9. The topological polar surface area (TPSA) is 165 Å². The van der Waals surface area contributed by atoms with Gasteiger partial charge in [-0.15, -0.1) is 0 Å². The van der Waals surface area contributed by atoms with Crippen LogP contribution in [0.15, 0.2) is 57.5 Å². The number of hydrogen-bond donors (Lipinski definition) is 7. The van der Waals surface area contributed by atoms with E-state index in [4.69, 9.17) is 5.73 Å². The molecule has 11 heteroatoms. The predicted octanol–water partition coefficient (Wildman–Crippen LogP) is 2.37. The second-order valence-corrected chi connectivity index (χ2v) is 10.6. The summed E-state index contributed by atoms with van der Waals surface area (Å²) < 4.78 is 0.935. The first-order valence-corrected chi connectivity index (χ1v) is 12.4. The number of halogens is 1. The fourth-order valence-corrected chi connectivity index (χ4v) is 6.39. The summed E-state index contributed by atoms with van der Waals surface area (Å²) in [6.45, 7) is 2.04. The quantitative estimate of drug-likeness (QED) is 0.202. The molecular weight excluding hydrogens is 526 g/mol. The first-order valence-electron chi connectivity index (χ1n) is 11.6. The lowest BCUT2D eigenvalue weighted by atomic mass is 9.64. The van der Waals surface area contributed by atoms with Crippen LogP contribution >= 0.6 is 15.9 Å². The average molecular weight is 548 g/mol. The molecule has 4 aromatic rings. The van der Waals surface area contributed by atoms with Crippen LogP contribution in [0.2, 0.25) is 0 Å². The molecule has 4 atom stereocenters. The van der Waals surface area contributed by atoms with E-state index in [0.717, 1.165) is 26.6 Å². The molecule has 10 nitrogen and oxygen atoms in total. The van der Waals surface area contributed by atoms with Gasteiger partial charge < -0.3 is 30.7 Å². The van der Waals surface area contributed by atoms with Crippen molar-refractivity contribution >= 4 is 32.6 Å². The lowest BCUT2D eigenvalue weighted by Crippen LogP contribution is -2.53. The number of Topliss-reactive ketones (excluding diaryl/α,β-unsaturated/α-hetero) is 1. The largest absolute Gasteiger partial charge is 0.375 e. The van der Waals surface area contributed by atoms with E-state index < -0.39 is 17.7 Å². The highest BCUT2D eigenvalue weighted by Gasteiger charge is 2.57. The minimum absolute atomic E-state index is 0.0350. The maximum absolute atomic E-state index is 13.5. The molecule has 0 saturated carbocycles. The van der Waals surface area contributed by atoms with E-state index >= 15 is 0 Å². The molecule has 3 aromatic heterocycles. The normalized spacial score (nSPS) is 26.6. The van der Waals surface area contributed by atoms with Crippen LogP contribution in [0.1, 0.15) is 35.3 Å². The van der Waals surface area contributed by atoms with Crippen LogP contribution in [-0.2, 0) is 0 Å². The molecule has 2 aliphatic carbocycles. The molecule has 7 rings (SSSR count). The van der Waals surface area contributed by atoms with Crippen molar-refractivity contribution in [3.63, 3.8) is 0 Å². The van der Waals surface area contributed by atoms with Crippen LogP contribution < -0.4 is 21.9 Å². The molecule has 2 bridgehead atoms. The molecule has 0 spiro atoms. The van der Waals surface area contributed by atoms with Crippen LogP contribution in [0.25, 0.3) is 33.4 Å². The molecule has 0 amide bonds. The maximum Gasteiger partial charge on any atom is 0.275 e. The average Bonchev–Trinajstić information content (AvgIpc) is 3.57. The summed E-state index contributed by atoms with van der Waals surface area (Å²) in [4.78, 5) is 40.4. The number of nitrogens with two attached hydrogens (primary N) is 1. The number of ketones is 1. The van der Waals surface area contributed by atoms with Crippen molar-refractivity contribution in [3.8, 4) is 22.5 Å². The Hall–Kier alpha value is -3.67. The third kappa shape index (κ3) is 2.75. The van der Waals surface area contributed by atoms with Gasteiger partial charge in [-0.1, -0.05) is 28.9 Å². The highest BCUT2D eigenvalue weighted by atomic mass is 79.9. The molecule has 0 saturated heterocycles. The van der Waals surface area contributed by atoms with Gasteiger partial charge in [-0.25, -0.2) is 4.98 Å². The third-order valence-corrected chi connectivity index (χ3v) is 8.23. The zero-order valence-electron chi connectivity index (χ0n) is 19.1. The molecule has 1 aliphatic heterocycles. The molecule has 0 fully saturated rings. The highest BCUT2D eigenvalue weighted by molar-refractivity contribution is 9.10. The number of carbonyl (C=O) groups excluding carboxylic acids is 1. The molecule has 182 valence electrons. The standard InChI is InChI=1S/C25H22BrN7O3/c1-9-12-5-25(36,21-18(9)32-24(27)33-21)22(34)20-17(12)14(7-29-20)16-8-30-19(23(35)31-16)13-6-28-15-4-10(26)2-3-11(13)15/h2-4,6-9,12,24,28-29,32-33,36H,5,27H2,1H3,(H,31,35)/t9-,12-,24?,25-/m1/s1. The Kier molecular flexibility index (Phi) is 4.31. The Labute approximate surface area is 212 Å². The summed E-state index contributed by atoms with van der Waals surface area (Å²) in [7, 11) is 0. The van der Waals surface area contributed by atoms with E-state index in [1.54, 1.807) is 18.6 Å². The van der Waals surface area contributed by atoms with Crippen LogP contribution in [0, 0.1) is 5.92 Å². The summed E-state index contributed by atoms with van der Waals surface area (Å²) in [5.74, 6) is -0.621. The summed E-state index contributed by atoms with van der Waals surface area (Å²) in [5, 5.41) is 18.5. The van der Waals surface area contributed by atoms with E-state index in [2.05, 4.69) is 46.5 Å². The molecular formula is C25H22BrN7O3. The number of rotatable bonds is 2. The first-order chi connectivity index (χ1) is 17.3. The smallest absolute Gasteiger partial charge is 0.275 e. The van der Waals surface area contributed by atoms with Crippen molar-refractivity contribution in [2.24, 2.45) is 11.7 Å².